The van der Waals surface area contributed by atoms with E-state index < -0.39 is 0 Å². The molecule has 0 saturated heterocycles. The summed E-state index contributed by atoms with van der Waals surface area (Å²) in [5.41, 5.74) is 2.11. The minimum absolute atomic E-state index is 0.267. The lowest BCUT2D eigenvalue weighted by Gasteiger charge is -2.25. The number of hydrogen-bond acceptors (Lipinski definition) is 5. The second-order valence-electron chi connectivity index (χ2n) is 5.50. The summed E-state index contributed by atoms with van der Waals surface area (Å²) in [5, 5.41) is 8.62. The van der Waals surface area contributed by atoms with Crippen LogP contribution in [0, 0.1) is 0 Å². The maximum Gasteiger partial charge on any atom is 0.163 e. The van der Waals surface area contributed by atoms with Crippen molar-refractivity contribution >= 4 is 16.9 Å². The molecule has 3 aromatic rings. The number of likely N-dealkylation sites (N-methyl/N-ethyl adjacent to an activating group) is 1. The Kier molecular flexibility index (Phi) is 4.02. The molecule has 6 nitrogen and oxygen atoms in total. The molecular formula is C16H20N6. The molecule has 2 aromatic heterocycles. The maximum absolute atomic E-state index is 4.35. The number of hydrogen-bond donors (Lipinski definition) is 1. The van der Waals surface area contributed by atoms with Crippen molar-refractivity contribution in [3.05, 3.63) is 48.4 Å². The zero-order valence-electron chi connectivity index (χ0n) is 13.1. The van der Waals surface area contributed by atoms with E-state index in [1.165, 1.54) is 5.56 Å². The monoisotopic (exact) mass is 296 g/mol. The molecule has 1 N–H and O–H groups in total. The quantitative estimate of drug-likeness (QED) is 0.781. The second kappa shape index (κ2) is 6.11. The summed E-state index contributed by atoms with van der Waals surface area (Å²) in [6.45, 7) is 0.762. The van der Waals surface area contributed by atoms with Gasteiger partial charge in [-0.3, -0.25) is 4.68 Å². The molecule has 1 unspecified atom stereocenters. The molecule has 6 heteroatoms. The van der Waals surface area contributed by atoms with Crippen LogP contribution in [0.2, 0.25) is 0 Å². The minimum Gasteiger partial charge on any atom is -0.367 e. The van der Waals surface area contributed by atoms with Gasteiger partial charge in [0.05, 0.1) is 17.6 Å². The summed E-state index contributed by atoms with van der Waals surface area (Å²) in [7, 11) is 6.05. The number of anilines is 1. The van der Waals surface area contributed by atoms with Crippen molar-refractivity contribution in [2.24, 2.45) is 7.05 Å². The van der Waals surface area contributed by atoms with E-state index >= 15 is 0 Å². The Balaban J connectivity index is 1.83. The van der Waals surface area contributed by atoms with Crippen molar-refractivity contribution in [1.29, 1.82) is 0 Å². The van der Waals surface area contributed by atoms with Crippen LogP contribution < -0.4 is 5.32 Å². The first-order chi connectivity index (χ1) is 10.7. The molecule has 1 atom stereocenters. The maximum atomic E-state index is 4.35. The Morgan fingerprint density at radius 1 is 1.18 bits per heavy atom. The molecule has 0 radical (unpaired) electrons. The van der Waals surface area contributed by atoms with Gasteiger partial charge >= 0.3 is 0 Å². The normalized spacial score (nSPS) is 12.7. The van der Waals surface area contributed by atoms with Gasteiger partial charge in [-0.05, 0) is 19.7 Å². The molecule has 0 aliphatic heterocycles. The molecule has 0 bridgehead atoms. The van der Waals surface area contributed by atoms with Gasteiger partial charge in [-0.25, -0.2) is 9.97 Å². The van der Waals surface area contributed by atoms with Gasteiger partial charge in [0.15, 0.2) is 5.65 Å². The zero-order chi connectivity index (χ0) is 15.5. The van der Waals surface area contributed by atoms with Crippen molar-refractivity contribution in [3.8, 4) is 0 Å². The summed E-state index contributed by atoms with van der Waals surface area (Å²) in [6.07, 6.45) is 3.37. The van der Waals surface area contributed by atoms with Crippen molar-refractivity contribution in [3.63, 3.8) is 0 Å². The van der Waals surface area contributed by atoms with Crippen LogP contribution >= 0.6 is 0 Å². The molecule has 0 amide bonds. The lowest BCUT2D eigenvalue weighted by Crippen LogP contribution is -2.27. The number of benzene rings is 1. The summed E-state index contributed by atoms with van der Waals surface area (Å²) in [5.74, 6) is 0.820. The predicted octanol–water partition coefficient (Wildman–Crippen LogP) is 2.08. The number of nitrogens with zero attached hydrogens (tertiary/aromatic N) is 5. The zero-order valence-corrected chi connectivity index (χ0v) is 13.1. The molecule has 114 valence electrons. The highest BCUT2D eigenvalue weighted by atomic mass is 15.3. The fraction of sp³-hybridized carbons (Fsp3) is 0.312. The van der Waals surface area contributed by atoms with E-state index in [1.54, 1.807) is 17.2 Å². The third-order valence-corrected chi connectivity index (χ3v) is 3.80. The van der Waals surface area contributed by atoms with Gasteiger partial charge in [0.25, 0.3) is 0 Å². The third-order valence-electron chi connectivity index (χ3n) is 3.80. The van der Waals surface area contributed by atoms with Crippen LogP contribution in [0.1, 0.15) is 11.6 Å². The lowest BCUT2D eigenvalue weighted by molar-refractivity contribution is 0.311. The van der Waals surface area contributed by atoms with Crippen LogP contribution in [0.4, 0.5) is 5.82 Å². The topological polar surface area (TPSA) is 58.9 Å². The summed E-state index contributed by atoms with van der Waals surface area (Å²) >= 11 is 0. The number of rotatable bonds is 5. The fourth-order valence-corrected chi connectivity index (χ4v) is 2.57. The van der Waals surface area contributed by atoms with Gasteiger partial charge < -0.3 is 10.2 Å². The SMILES string of the molecule is CN(C)C(CNc1ncnc2c1cnn2C)c1ccccc1. The van der Waals surface area contributed by atoms with E-state index in [4.69, 9.17) is 0 Å². The van der Waals surface area contributed by atoms with Crippen molar-refractivity contribution in [2.75, 3.05) is 26.0 Å². The van der Waals surface area contributed by atoms with E-state index in [1.807, 2.05) is 13.1 Å². The molecular weight excluding hydrogens is 276 g/mol. The van der Waals surface area contributed by atoms with Crippen molar-refractivity contribution < 1.29 is 0 Å². The first-order valence-electron chi connectivity index (χ1n) is 7.25. The molecule has 0 spiro atoms. The van der Waals surface area contributed by atoms with Crippen molar-refractivity contribution in [2.45, 2.75) is 6.04 Å². The largest absolute Gasteiger partial charge is 0.367 e. The Bertz CT molecular complexity index is 750. The highest BCUT2D eigenvalue weighted by Crippen LogP contribution is 2.21. The van der Waals surface area contributed by atoms with Gasteiger partial charge in [-0.1, -0.05) is 30.3 Å². The average Bonchev–Trinajstić information content (AvgIpc) is 2.91. The van der Waals surface area contributed by atoms with Crippen LogP contribution in [0.3, 0.4) is 0 Å². The highest BCUT2D eigenvalue weighted by molar-refractivity contribution is 5.85. The van der Waals surface area contributed by atoms with E-state index in [0.29, 0.717) is 0 Å². The van der Waals surface area contributed by atoms with Crippen molar-refractivity contribution in [1.82, 2.24) is 24.6 Å². The lowest BCUT2D eigenvalue weighted by atomic mass is 10.1. The second-order valence-corrected chi connectivity index (χ2v) is 5.50. The number of fused-ring (bicyclic) bond motifs is 1. The van der Waals surface area contributed by atoms with Crippen LogP contribution in [-0.4, -0.2) is 45.3 Å². The Labute approximate surface area is 129 Å². The standard InChI is InChI=1S/C16H20N6/c1-21(2)14(12-7-5-4-6-8-12)10-17-15-13-9-20-22(3)16(13)19-11-18-15/h4-9,11,14H,10H2,1-3H3,(H,17,18,19). The molecule has 1 aromatic carbocycles. The van der Waals surface area contributed by atoms with Crippen LogP contribution in [-0.2, 0) is 7.05 Å². The van der Waals surface area contributed by atoms with E-state index in [-0.39, 0.29) is 6.04 Å². The number of nitrogens with one attached hydrogen (secondary N) is 1. The van der Waals surface area contributed by atoms with Crippen LogP contribution in [0.15, 0.2) is 42.9 Å². The molecule has 0 fully saturated rings. The smallest absolute Gasteiger partial charge is 0.163 e. The summed E-state index contributed by atoms with van der Waals surface area (Å²) in [6, 6.07) is 10.7. The Morgan fingerprint density at radius 2 is 1.95 bits per heavy atom. The van der Waals surface area contributed by atoms with Gasteiger partial charge in [-0.15, -0.1) is 0 Å². The van der Waals surface area contributed by atoms with Crippen LogP contribution in [0.25, 0.3) is 11.0 Å². The summed E-state index contributed by atoms with van der Waals surface area (Å²) in [4.78, 5) is 10.8. The van der Waals surface area contributed by atoms with E-state index in [2.05, 4.69) is 63.6 Å². The Morgan fingerprint density at radius 3 is 2.68 bits per heavy atom. The molecule has 22 heavy (non-hydrogen) atoms. The third kappa shape index (κ3) is 2.78. The molecule has 0 saturated carbocycles. The van der Waals surface area contributed by atoms with Gasteiger partial charge in [-0.2, -0.15) is 5.10 Å². The van der Waals surface area contributed by atoms with Gasteiger partial charge in [0.1, 0.15) is 12.1 Å². The summed E-state index contributed by atoms with van der Waals surface area (Å²) < 4.78 is 1.75. The fourth-order valence-electron chi connectivity index (χ4n) is 2.57. The first kappa shape index (κ1) is 14.5. The predicted molar refractivity (Wildman–Crippen MR) is 87.7 cm³/mol. The Hall–Kier alpha value is -2.47. The first-order valence-corrected chi connectivity index (χ1v) is 7.25. The van der Waals surface area contributed by atoms with E-state index in [0.717, 1.165) is 23.4 Å². The molecule has 0 aliphatic carbocycles. The number of aromatic nitrogens is 4. The molecule has 3 rings (SSSR count). The number of aryl methyl sites for hydroxylation is 1. The average molecular weight is 296 g/mol. The van der Waals surface area contributed by atoms with Crippen LogP contribution in [0.5, 0.6) is 0 Å². The minimum atomic E-state index is 0.267. The van der Waals surface area contributed by atoms with E-state index in [9.17, 15) is 0 Å². The molecule has 2 heterocycles. The van der Waals surface area contributed by atoms with Gasteiger partial charge in [0.2, 0.25) is 0 Å². The highest BCUT2D eigenvalue weighted by Gasteiger charge is 2.15. The van der Waals surface area contributed by atoms with Gasteiger partial charge in [0, 0.05) is 13.6 Å². The molecule has 0 aliphatic rings.